The lowest BCUT2D eigenvalue weighted by atomic mass is 10.2. The lowest BCUT2D eigenvalue weighted by Gasteiger charge is -2.08. The third-order valence-electron chi connectivity index (χ3n) is 2.41. The molecule has 0 radical (unpaired) electrons. The van der Waals surface area contributed by atoms with Crippen LogP contribution in [-0.4, -0.2) is 4.92 Å². The number of halogens is 1. The number of hydrazine groups is 1. The summed E-state index contributed by atoms with van der Waals surface area (Å²) in [6, 6.07) is 10.0. The van der Waals surface area contributed by atoms with Gasteiger partial charge < -0.3 is 10.7 Å². The van der Waals surface area contributed by atoms with Crippen molar-refractivity contribution in [3.63, 3.8) is 0 Å². The van der Waals surface area contributed by atoms with Crippen LogP contribution in [-0.2, 0) is 0 Å². The Bertz CT molecular complexity index is 618. The van der Waals surface area contributed by atoms with Crippen molar-refractivity contribution in [3.05, 3.63) is 58.4 Å². The van der Waals surface area contributed by atoms with Gasteiger partial charge in [0.2, 0.25) is 0 Å². The van der Waals surface area contributed by atoms with Gasteiger partial charge in [-0.1, -0.05) is 6.07 Å². The summed E-state index contributed by atoms with van der Waals surface area (Å²) in [6.45, 7) is 0. The van der Waals surface area contributed by atoms with Crippen LogP contribution in [0.15, 0.2) is 42.5 Å². The summed E-state index contributed by atoms with van der Waals surface area (Å²) in [4.78, 5) is 10.2. The summed E-state index contributed by atoms with van der Waals surface area (Å²) in [5.74, 6) is 4.85. The molecule has 98 valence electrons. The van der Waals surface area contributed by atoms with Gasteiger partial charge in [0.25, 0.3) is 5.69 Å². The van der Waals surface area contributed by atoms with Gasteiger partial charge in [0.05, 0.1) is 10.6 Å². The Morgan fingerprint density at radius 1 is 1.11 bits per heavy atom. The van der Waals surface area contributed by atoms with E-state index in [9.17, 15) is 14.5 Å². The molecule has 0 amide bonds. The molecule has 0 aliphatic rings. The van der Waals surface area contributed by atoms with E-state index in [1.165, 1.54) is 30.3 Å². The zero-order chi connectivity index (χ0) is 13.8. The number of anilines is 3. The zero-order valence-corrected chi connectivity index (χ0v) is 9.76. The van der Waals surface area contributed by atoms with Gasteiger partial charge in [-0.25, -0.2) is 4.39 Å². The molecule has 2 rings (SSSR count). The molecule has 0 atom stereocenters. The van der Waals surface area contributed by atoms with Gasteiger partial charge in [0.1, 0.15) is 5.82 Å². The van der Waals surface area contributed by atoms with Gasteiger partial charge in [0, 0.05) is 23.5 Å². The Kier molecular flexibility index (Phi) is 3.58. The van der Waals surface area contributed by atoms with E-state index in [1.807, 2.05) is 0 Å². The molecule has 2 aromatic carbocycles. The summed E-state index contributed by atoms with van der Waals surface area (Å²) in [6.07, 6.45) is 0. The fourth-order valence-corrected chi connectivity index (χ4v) is 1.60. The first-order valence-corrected chi connectivity index (χ1v) is 5.37. The van der Waals surface area contributed by atoms with Gasteiger partial charge in [-0.15, -0.1) is 0 Å². The number of non-ortho nitro benzene ring substituents is 1. The summed E-state index contributed by atoms with van der Waals surface area (Å²) in [5, 5.41) is 13.7. The molecule has 0 heterocycles. The third kappa shape index (κ3) is 3.17. The maximum Gasteiger partial charge on any atom is 0.273 e. The van der Waals surface area contributed by atoms with E-state index < -0.39 is 10.7 Å². The van der Waals surface area contributed by atoms with Gasteiger partial charge in [-0.2, -0.15) is 0 Å². The molecule has 0 unspecified atom stereocenters. The molecule has 2 aromatic rings. The monoisotopic (exact) mass is 262 g/mol. The molecule has 0 aliphatic carbocycles. The number of nitro benzene ring substituents is 1. The van der Waals surface area contributed by atoms with Crippen molar-refractivity contribution in [2.45, 2.75) is 0 Å². The van der Waals surface area contributed by atoms with Crippen molar-refractivity contribution in [3.8, 4) is 0 Å². The molecule has 0 aliphatic heterocycles. The van der Waals surface area contributed by atoms with Crippen LogP contribution in [0.1, 0.15) is 0 Å². The number of hydrogen-bond donors (Lipinski definition) is 3. The fraction of sp³-hybridized carbons (Fsp3) is 0. The fourth-order valence-electron chi connectivity index (χ4n) is 1.60. The molecule has 19 heavy (non-hydrogen) atoms. The molecule has 0 bridgehead atoms. The summed E-state index contributed by atoms with van der Waals surface area (Å²) >= 11 is 0. The molecule has 4 N–H and O–H groups in total. The minimum atomic E-state index is -0.530. The smallest absolute Gasteiger partial charge is 0.273 e. The molecule has 0 spiro atoms. The minimum Gasteiger partial charge on any atom is -0.355 e. The average Bonchev–Trinajstić information content (AvgIpc) is 2.38. The predicted molar refractivity (Wildman–Crippen MR) is 70.6 cm³/mol. The SMILES string of the molecule is NNc1cc(Nc2cccc(F)c2)cc([N+](=O)[O-])c1. The number of benzene rings is 2. The average molecular weight is 262 g/mol. The Hall–Kier alpha value is -2.67. The maximum atomic E-state index is 13.0. The Morgan fingerprint density at radius 3 is 2.47 bits per heavy atom. The van der Waals surface area contributed by atoms with E-state index >= 15 is 0 Å². The van der Waals surface area contributed by atoms with Crippen molar-refractivity contribution < 1.29 is 9.31 Å². The first kappa shape index (κ1) is 12.8. The largest absolute Gasteiger partial charge is 0.355 e. The van der Waals surface area contributed by atoms with Crippen LogP contribution in [0.3, 0.4) is 0 Å². The van der Waals surface area contributed by atoms with E-state index in [4.69, 9.17) is 5.84 Å². The number of nitrogens with two attached hydrogens (primary N) is 1. The van der Waals surface area contributed by atoms with Crippen molar-refractivity contribution in [1.29, 1.82) is 0 Å². The molecule has 0 aromatic heterocycles. The van der Waals surface area contributed by atoms with Crippen LogP contribution < -0.4 is 16.6 Å². The summed E-state index contributed by atoms with van der Waals surface area (Å²) < 4.78 is 13.0. The summed E-state index contributed by atoms with van der Waals surface area (Å²) in [5.41, 5.74) is 3.53. The van der Waals surface area contributed by atoms with E-state index in [0.29, 0.717) is 17.1 Å². The minimum absolute atomic E-state index is 0.116. The summed E-state index contributed by atoms with van der Waals surface area (Å²) in [7, 11) is 0. The molecule has 7 heteroatoms. The van der Waals surface area contributed by atoms with Crippen LogP contribution in [0.5, 0.6) is 0 Å². The molecular weight excluding hydrogens is 251 g/mol. The number of nitrogens with zero attached hydrogens (tertiary/aromatic N) is 1. The topological polar surface area (TPSA) is 93.2 Å². The number of nitrogen functional groups attached to an aromatic ring is 1. The van der Waals surface area contributed by atoms with E-state index in [1.54, 1.807) is 12.1 Å². The number of rotatable bonds is 4. The first-order chi connectivity index (χ1) is 9.08. The van der Waals surface area contributed by atoms with Crippen molar-refractivity contribution in [2.24, 2.45) is 5.84 Å². The highest BCUT2D eigenvalue weighted by atomic mass is 19.1. The number of hydrogen-bond acceptors (Lipinski definition) is 5. The highest BCUT2D eigenvalue weighted by Crippen LogP contribution is 2.26. The lowest BCUT2D eigenvalue weighted by molar-refractivity contribution is -0.384. The first-order valence-electron chi connectivity index (χ1n) is 5.37. The molecule has 6 nitrogen and oxygen atoms in total. The lowest BCUT2D eigenvalue weighted by Crippen LogP contribution is -2.07. The standard InChI is InChI=1S/C12H11FN4O2/c13-8-2-1-3-9(4-8)15-10-5-11(16-14)7-12(6-10)17(18)19/h1-7,15-16H,14H2. The van der Waals surface area contributed by atoms with E-state index in [-0.39, 0.29) is 5.69 Å². The molecule has 0 saturated heterocycles. The third-order valence-corrected chi connectivity index (χ3v) is 2.41. The van der Waals surface area contributed by atoms with Crippen LogP contribution in [0.2, 0.25) is 0 Å². The highest BCUT2D eigenvalue weighted by Gasteiger charge is 2.09. The Morgan fingerprint density at radius 2 is 1.84 bits per heavy atom. The Labute approximate surface area is 108 Å². The van der Waals surface area contributed by atoms with Crippen molar-refractivity contribution in [1.82, 2.24) is 0 Å². The second kappa shape index (κ2) is 5.32. The second-order valence-corrected chi connectivity index (χ2v) is 3.81. The highest BCUT2D eigenvalue weighted by molar-refractivity contribution is 5.68. The quantitative estimate of drug-likeness (QED) is 0.447. The normalized spacial score (nSPS) is 10.0. The van der Waals surface area contributed by atoms with Crippen LogP contribution in [0.4, 0.5) is 27.1 Å². The van der Waals surface area contributed by atoms with Crippen molar-refractivity contribution in [2.75, 3.05) is 10.7 Å². The maximum absolute atomic E-state index is 13.0. The number of nitrogens with one attached hydrogen (secondary N) is 2. The van der Waals surface area contributed by atoms with Crippen LogP contribution in [0.25, 0.3) is 0 Å². The van der Waals surface area contributed by atoms with E-state index in [0.717, 1.165) is 0 Å². The van der Waals surface area contributed by atoms with Gasteiger partial charge in [0.15, 0.2) is 0 Å². The zero-order valence-electron chi connectivity index (χ0n) is 9.76. The number of nitro groups is 1. The van der Waals surface area contributed by atoms with Crippen molar-refractivity contribution >= 4 is 22.7 Å². The van der Waals surface area contributed by atoms with E-state index in [2.05, 4.69) is 10.7 Å². The molecule has 0 saturated carbocycles. The van der Waals surface area contributed by atoms with Gasteiger partial charge in [-0.05, 0) is 24.3 Å². The predicted octanol–water partition coefficient (Wildman–Crippen LogP) is 2.76. The molecule has 0 fully saturated rings. The van der Waals surface area contributed by atoms with Crippen LogP contribution >= 0.6 is 0 Å². The van der Waals surface area contributed by atoms with Gasteiger partial charge >= 0.3 is 0 Å². The second-order valence-electron chi connectivity index (χ2n) is 3.81. The molecular formula is C12H11FN4O2. The van der Waals surface area contributed by atoms with Crippen LogP contribution in [0, 0.1) is 15.9 Å². The van der Waals surface area contributed by atoms with Gasteiger partial charge in [-0.3, -0.25) is 16.0 Å². The Balaban J connectivity index is 2.34.